The molecule has 0 saturated heterocycles. The lowest BCUT2D eigenvalue weighted by Crippen LogP contribution is -2.27. The Labute approximate surface area is 79.9 Å². The third-order valence-electron chi connectivity index (χ3n) is 2.96. The summed E-state index contributed by atoms with van der Waals surface area (Å²) in [5, 5.41) is 3.59. The van der Waals surface area contributed by atoms with E-state index < -0.39 is 0 Å². The van der Waals surface area contributed by atoms with E-state index in [2.05, 4.69) is 42.1 Å². The molecule has 0 radical (unpaired) electrons. The first-order valence-corrected chi connectivity index (χ1v) is 5.12. The molecule has 2 heteroatoms. The normalized spacial score (nSPS) is 18.9. The van der Waals surface area contributed by atoms with E-state index in [1.165, 1.54) is 18.5 Å². The predicted octanol–water partition coefficient (Wildman–Crippen LogP) is 2.15. The van der Waals surface area contributed by atoms with E-state index in [9.17, 15) is 0 Å². The van der Waals surface area contributed by atoms with Crippen molar-refractivity contribution < 1.29 is 0 Å². The summed E-state index contributed by atoms with van der Waals surface area (Å²) >= 11 is 0. The van der Waals surface area contributed by atoms with Crippen molar-refractivity contribution in [2.45, 2.75) is 45.3 Å². The molecule has 0 atom stereocenters. The van der Waals surface area contributed by atoms with Crippen LogP contribution in [0.1, 0.15) is 32.4 Å². The van der Waals surface area contributed by atoms with Gasteiger partial charge in [-0.25, -0.2) is 0 Å². The highest BCUT2D eigenvalue weighted by Gasteiger charge is 2.36. The van der Waals surface area contributed by atoms with Crippen molar-refractivity contribution in [1.82, 2.24) is 9.88 Å². The van der Waals surface area contributed by atoms with Gasteiger partial charge in [0, 0.05) is 30.5 Å². The van der Waals surface area contributed by atoms with Gasteiger partial charge < -0.3 is 9.88 Å². The lowest BCUT2D eigenvalue weighted by atomic mass is 10.3. The zero-order valence-corrected chi connectivity index (χ0v) is 8.51. The summed E-state index contributed by atoms with van der Waals surface area (Å²) in [7, 11) is 0. The predicted molar refractivity (Wildman–Crippen MR) is 54.6 cm³/mol. The number of rotatable bonds is 4. The Hall–Kier alpha value is -0.760. The van der Waals surface area contributed by atoms with Crippen LogP contribution in [0.2, 0.25) is 0 Å². The molecule has 1 saturated carbocycles. The van der Waals surface area contributed by atoms with Crippen molar-refractivity contribution in [3.8, 4) is 0 Å². The van der Waals surface area contributed by atoms with Crippen LogP contribution in [0.3, 0.4) is 0 Å². The molecule has 72 valence electrons. The third kappa shape index (κ3) is 1.94. The molecule has 2 nitrogen and oxygen atoms in total. The van der Waals surface area contributed by atoms with Gasteiger partial charge in [0.25, 0.3) is 0 Å². The van der Waals surface area contributed by atoms with E-state index in [1.807, 2.05) is 0 Å². The largest absolute Gasteiger partial charge is 0.351 e. The standard InChI is InChI=1S/C11H18N2/c1-3-13-8-4-5-10(13)9-12-11(2)6-7-11/h4-5,8,12H,3,6-7,9H2,1-2H3. The quantitative estimate of drug-likeness (QED) is 0.747. The van der Waals surface area contributed by atoms with Gasteiger partial charge in [0.05, 0.1) is 0 Å². The second-order valence-electron chi connectivity index (χ2n) is 4.20. The fourth-order valence-corrected chi connectivity index (χ4v) is 1.59. The highest BCUT2D eigenvalue weighted by atomic mass is 15.1. The number of hydrogen-bond acceptors (Lipinski definition) is 1. The highest BCUT2D eigenvalue weighted by Crippen LogP contribution is 2.34. The van der Waals surface area contributed by atoms with Crippen LogP contribution in [0.4, 0.5) is 0 Å². The van der Waals surface area contributed by atoms with Gasteiger partial charge in [0.1, 0.15) is 0 Å². The lowest BCUT2D eigenvalue weighted by Gasteiger charge is -2.12. The Morgan fingerprint density at radius 3 is 2.92 bits per heavy atom. The highest BCUT2D eigenvalue weighted by molar-refractivity contribution is 5.09. The van der Waals surface area contributed by atoms with Gasteiger partial charge in [-0.15, -0.1) is 0 Å². The first kappa shape index (κ1) is 8.82. The van der Waals surface area contributed by atoms with Crippen LogP contribution in [0, 0.1) is 0 Å². The zero-order chi connectivity index (χ0) is 9.31. The van der Waals surface area contributed by atoms with Gasteiger partial charge in [0.2, 0.25) is 0 Å². The van der Waals surface area contributed by atoms with E-state index in [4.69, 9.17) is 0 Å². The van der Waals surface area contributed by atoms with Gasteiger partial charge in [-0.05, 0) is 38.8 Å². The van der Waals surface area contributed by atoms with Crippen molar-refractivity contribution in [2.75, 3.05) is 0 Å². The summed E-state index contributed by atoms with van der Waals surface area (Å²) in [6.45, 7) is 6.56. The number of hydrogen-bond donors (Lipinski definition) is 1. The van der Waals surface area contributed by atoms with Crippen LogP contribution in [-0.2, 0) is 13.1 Å². The van der Waals surface area contributed by atoms with Crippen molar-refractivity contribution in [3.05, 3.63) is 24.0 Å². The Balaban J connectivity index is 1.93. The Morgan fingerprint density at radius 2 is 2.31 bits per heavy atom. The molecule has 1 aromatic heterocycles. The van der Waals surface area contributed by atoms with Crippen LogP contribution < -0.4 is 5.32 Å². The van der Waals surface area contributed by atoms with Crippen molar-refractivity contribution >= 4 is 0 Å². The zero-order valence-electron chi connectivity index (χ0n) is 8.51. The summed E-state index contributed by atoms with van der Waals surface area (Å²) in [5.41, 5.74) is 1.85. The van der Waals surface area contributed by atoms with Gasteiger partial charge in [-0.2, -0.15) is 0 Å². The lowest BCUT2D eigenvalue weighted by molar-refractivity contribution is 0.519. The van der Waals surface area contributed by atoms with Gasteiger partial charge in [-0.3, -0.25) is 0 Å². The summed E-state index contributed by atoms with van der Waals surface area (Å²) in [5.74, 6) is 0. The average molecular weight is 178 g/mol. The fourth-order valence-electron chi connectivity index (χ4n) is 1.59. The fraction of sp³-hybridized carbons (Fsp3) is 0.636. The van der Waals surface area contributed by atoms with E-state index in [-0.39, 0.29) is 0 Å². The van der Waals surface area contributed by atoms with Gasteiger partial charge in [0.15, 0.2) is 0 Å². The molecule has 1 aliphatic carbocycles. The van der Waals surface area contributed by atoms with E-state index in [0.29, 0.717) is 5.54 Å². The van der Waals surface area contributed by atoms with Crippen LogP contribution in [0.5, 0.6) is 0 Å². The average Bonchev–Trinajstić information content (AvgIpc) is 2.69. The molecule has 1 aliphatic rings. The molecule has 0 bridgehead atoms. The molecule has 0 unspecified atom stereocenters. The molecule has 1 N–H and O–H groups in total. The van der Waals surface area contributed by atoms with Crippen LogP contribution in [-0.4, -0.2) is 10.1 Å². The number of aryl methyl sites for hydroxylation is 1. The van der Waals surface area contributed by atoms with E-state index in [0.717, 1.165) is 13.1 Å². The molecule has 0 amide bonds. The van der Waals surface area contributed by atoms with E-state index >= 15 is 0 Å². The second-order valence-corrected chi connectivity index (χ2v) is 4.20. The van der Waals surface area contributed by atoms with Crippen LogP contribution in [0.25, 0.3) is 0 Å². The molecular weight excluding hydrogens is 160 g/mol. The number of nitrogens with zero attached hydrogens (tertiary/aromatic N) is 1. The maximum atomic E-state index is 3.59. The Kier molecular flexibility index (Phi) is 2.16. The minimum absolute atomic E-state index is 0.447. The molecule has 13 heavy (non-hydrogen) atoms. The van der Waals surface area contributed by atoms with Gasteiger partial charge >= 0.3 is 0 Å². The molecular formula is C11H18N2. The first-order chi connectivity index (χ1) is 6.23. The first-order valence-electron chi connectivity index (χ1n) is 5.12. The summed E-state index contributed by atoms with van der Waals surface area (Å²) < 4.78 is 2.29. The third-order valence-corrected chi connectivity index (χ3v) is 2.96. The maximum absolute atomic E-state index is 3.59. The molecule has 1 fully saturated rings. The SMILES string of the molecule is CCn1cccc1CNC1(C)CC1. The molecule has 0 aromatic carbocycles. The molecule has 0 spiro atoms. The molecule has 2 rings (SSSR count). The smallest absolute Gasteiger partial charge is 0.0364 e. The van der Waals surface area contributed by atoms with E-state index in [1.54, 1.807) is 0 Å². The minimum atomic E-state index is 0.447. The van der Waals surface area contributed by atoms with Crippen molar-refractivity contribution in [3.63, 3.8) is 0 Å². The maximum Gasteiger partial charge on any atom is 0.0364 e. The van der Waals surface area contributed by atoms with Crippen LogP contribution in [0.15, 0.2) is 18.3 Å². The molecule has 1 aromatic rings. The van der Waals surface area contributed by atoms with Crippen molar-refractivity contribution in [2.24, 2.45) is 0 Å². The number of nitrogens with one attached hydrogen (secondary N) is 1. The Morgan fingerprint density at radius 1 is 1.54 bits per heavy atom. The van der Waals surface area contributed by atoms with Crippen LogP contribution >= 0.6 is 0 Å². The van der Waals surface area contributed by atoms with Crippen molar-refractivity contribution in [1.29, 1.82) is 0 Å². The second kappa shape index (κ2) is 3.18. The minimum Gasteiger partial charge on any atom is -0.351 e. The topological polar surface area (TPSA) is 17.0 Å². The summed E-state index contributed by atoms with van der Waals surface area (Å²) in [6, 6.07) is 4.32. The summed E-state index contributed by atoms with van der Waals surface area (Å²) in [4.78, 5) is 0. The molecule has 0 aliphatic heterocycles. The Bertz CT molecular complexity index is 284. The molecule has 1 heterocycles. The van der Waals surface area contributed by atoms with Gasteiger partial charge in [-0.1, -0.05) is 0 Å². The number of aromatic nitrogens is 1. The monoisotopic (exact) mass is 178 g/mol. The summed E-state index contributed by atoms with van der Waals surface area (Å²) in [6.07, 6.45) is 4.81.